The molecule has 1 atom stereocenters. The number of carboxylic acid groups (broad SMARTS) is 1. The lowest BCUT2D eigenvalue weighted by Gasteiger charge is -2.14. The normalized spacial score (nSPS) is 11.6. The van der Waals surface area contributed by atoms with Gasteiger partial charge in [0.2, 0.25) is 0 Å². The highest BCUT2D eigenvalue weighted by Gasteiger charge is 2.14. The molecule has 0 bridgehead atoms. The Morgan fingerprint density at radius 1 is 1.33 bits per heavy atom. The van der Waals surface area contributed by atoms with Gasteiger partial charge in [-0.2, -0.15) is 0 Å². The Bertz CT molecular complexity index is 501. The van der Waals surface area contributed by atoms with E-state index in [-0.39, 0.29) is 18.4 Å². The number of carbonyl (C=O) groups is 2. The van der Waals surface area contributed by atoms with Gasteiger partial charge in [-0.25, -0.2) is 0 Å². The van der Waals surface area contributed by atoms with Gasteiger partial charge in [0.15, 0.2) is 11.5 Å². The molecule has 0 radical (unpaired) electrons. The molecule has 2 N–H and O–H groups in total. The molecule has 1 aromatic carbocycles. The van der Waals surface area contributed by atoms with Crippen LogP contribution in [0.25, 0.3) is 0 Å². The predicted molar refractivity (Wildman–Crippen MR) is 78.0 cm³/mol. The minimum absolute atomic E-state index is 0.0219. The van der Waals surface area contributed by atoms with Crippen LogP contribution in [0.15, 0.2) is 18.2 Å². The topological polar surface area (TPSA) is 84.9 Å². The summed E-state index contributed by atoms with van der Waals surface area (Å²) in [5.74, 6) is -0.0776. The van der Waals surface area contributed by atoms with Crippen LogP contribution in [0.2, 0.25) is 0 Å². The smallest absolute Gasteiger partial charge is 0.303 e. The van der Waals surface area contributed by atoms with Crippen molar-refractivity contribution < 1.29 is 24.2 Å². The zero-order valence-corrected chi connectivity index (χ0v) is 12.5. The molecular weight excluding hydrogens is 274 g/mol. The van der Waals surface area contributed by atoms with Gasteiger partial charge in [0, 0.05) is 18.0 Å². The van der Waals surface area contributed by atoms with Crippen LogP contribution < -0.4 is 14.8 Å². The van der Waals surface area contributed by atoms with E-state index in [1.54, 1.807) is 25.1 Å². The second-order valence-corrected chi connectivity index (χ2v) is 4.61. The van der Waals surface area contributed by atoms with Gasteiger partial charge in [0.25, 0.3) is 5.91 Å². The molecule has 1 amide bonds. The van der Waals surface area contributed by atoms with Crippen LogP contribution in [0, 0.1) is 0 Å². The van der Waals surface area contributed by atoms with Crippen molar-refractivity contribution in [2.45, 2.75) is 32.7 Å². The summed E-state index contributed by atoms with van der Waals surface area (Å²) in [5.41, 5.74) is 0.442. The highest BCUT2D eigenvalue weighted by atomic mass is 16.5. The van der Waals surface area contributed by atoms with Crippen LogP contribution in [0.5, 0.6) is 11.5 Å². The van der Waals surface area contributed by atoms with Crippen molar-refractivity contribution in [3.8, 4) is 11.5 Å². The van der Waals surface area contributed by atoms with E-state index in [1.165, 1.54) is 7.11 Å². The van der Waals surface area contributed by atoms with Crippen LogP contribution >= 0.6 is 0 Å². The average molecular weight is 295 g/mol. The number of benzene rings is 1. The molecule has 0 aromatic heterocycles. The number of carbonyl (C=O) groups excluding carboxylic acids is 1. The molecule has 1 rings (SSSR count). The number of ether oxygens (including phenoxy) is 2. The van der Waals surface area contributed by atoms with E-state index in [4.69, 9.17) is 14.6 Å². The summed E-state index contributed by atoms with van der Waals surface area (Å²) in [6.45, 7) is 4.14. The lowest BCUT2D eigenvalue weighted by Crippen LogP contribution is -2.32. The molecule has 0 heterocycles. The molecule has 0 aliphatic heterocycles. The molecule has 1 aromatic rings. The Morgan fingerprint density at radius 2 is 2.05 bits per heavy atom. The summed E-state index contributed by atoms with van der Waals surface area (Å²) >= 11 is 0. The molecule has 0 aliphatic carbocycles. The number of carboxylic acids is 1. The summed E-state index contributed by atoms with van der Waals surface area (Å²) < 4.78 is 10.6. The number of aliphatic carboxylic acids is 1. The van der Waals surface area contributed by atoms with E-state index in [1.807, 2.05) is 6.92 Å². The van der Waals surface area contributed by atoms with Gasteiger partial charge in [-0.05, 0) is 38.5 Å². The maximum absolute atomic E-state index is 12.1. The third kappa shape index (κ3) is 5.33. The Labute approximate surface area is 124 Å². The summed E-state index contributed by atoms with van der Waals surface area (Å²) in [6, 6.07) is 4.71. The number of amides is 1. The molecule has 6 nitrogen and oxygen atoms in total. The largest absolute Gasteiger partial charge is 0.493 e. The van der Waals surface area contributed by atoms with Crippen LogP contribution in [0.1, 0.15) is 37.0 Å². The Balaban J connectivity index is 2.71. The van der Waals surface area contributed by atoms with Crippen LogP contribution in [0.4, 0.5) is 0 Å². The summed E-state index contributed by atoms with van der Waals surface area (Å²) in [5, 5.41) is 11.4. The first-order chi connectivity index (χ1) is 9.97. The second kappa shape index (κ2) is 8.14. The van der Waals surface area contributed by atoms with Crippen LogP contribution in [-0.4, -0.2) is 36.7 Å². The maximum Gasteiger partial charge on any atom is 0.303 e. The molecule has 21 heavy (non-hydrogen) atoms. The summed E-state index contributed by atoms with van der Waals surface area (Å²) in [6.07, 6.45) is 0.406. The van der Waals surface area contributed by atoms with Gasteiger partial charge in [-0.3, -0.25) is 9.59 Å². The van der Waals surface area contributed by atoms with Gasteiger partial charge in [0.1, 0.15) is 0 Å². The fraction of sp³-hybridized carbons (Fsp3) is 0.467. The van der Waals surface area contributed by atoms with E-state index in [9.17, 15) is 9.59 Å². The lowest BCUT2D eigenvalue weighted by molar-refractivity contribution is -0.137. The fourth-order valence-electron chi connectivity index (χ4n) is 1.80. The SMILES string of the molecule is CCOc1ccc(C(=O)NC(C)CCC(=O)O)cc1OC. The molecule has 0 fully saturated rings. The van der Waals surface area contributed by atoms with Crippen LogP contribution in [-0.2, 0) is 4.79 Å². The van der Waals surface area contributed by atoms with Crippen molar-refractivity contribution in [1.29, 1.82) is 0 Å². The summed E-state index contributed by atoms with van der Waals surface area (Å²) in [7, 11) is 1.51. The predicted octanol–water partition coefficient (Wildman–Crippen LogP) is 2.08. The Hall–Kier alpha value is -2.24. The molecule has 0 aliphatic rings. The third-order valence-corrected chi connectivity index (χ3v) is 2.89. The maximum atomic E-state index is 12.1. The fourth-order valence-corrected chi connectivity index (χ4v) is 1.80. The minimum atomic E-state index is -0.876. The highest BCUT2D eigenvalue weighted by molar-refractivity contribution is 5.95. The number of nitrogens with one attached hydrogen (secondary N) is 1. The first-order valence-corrected chi connectivity index (χ1v) is 6.81. The van der Waals surface area contributed by atoms with E-state index in [0.717, 1.165) is 0 Å². The lowest BCUT2D eigenvalue weighted by atomic mass is 10.1. The van der Waals surface area contributed by atoms with Gasteiger partial charge in [0.05, 0.1) is 13.7 Å². The van der Waals surface area contributed by atoms with Gasteiger partial charge < -0.3 is 19.9 Å². The third-order valence-electron chi connectivity index (χ3n) is 2.89. The number of hydrogen-bond acceptors (Lipinski definition) is 4. The highest BCUT2D eigenvalue weighted by Crippen LogP contribution is 2.28. The van der Waals surface area contributed by atoms with Gasteiger partial charge in [-0.1, -0.05) is 0 Å². The van der Waals surface area contributed by atoms with Crippen LogP contribution in [0.3, 0.4) is 0 Å². The quantitative estimate of drug-likeness (QED) is 0.767. The second-order valence-electron chi connectivity index (χ2n) is 4.61. The molecule has 116 valence electrons. The van der Waals surface area contributed by atoms with Crippen molar-refractivity contribution in [3.63, 3.8) is 0 Å². The monoisotopic (exact) mass is 295 g/mol. The minimum Gasteiger partial charge on any atom is -0.493 e. The van der Waals surface area contributed by atoms with Crippen molar-refractivity contribution in [2.24, 2.45) is 0 Å². The van der Waals surface area contributed by atoms with Gasteiger partial charge >= 0.3 is 5.97 Å². The zero-order valence-electron chi connectivity index (χ0n) is 12.5. The first-order valence-electron chi connectivity index (χ1n) is 6.81. The standard InChI is InChI=1S/C15H21NO5/c1-4-21-12-7-6-11(9-13(12)20-3)15(19)16-10(2)5-8-14(17)18/h6-7,9-10H,4-5,8H2,1-3H3,(H,16,19)(H,17,18). The summed E-state index contributed by atoms with van der Waals surface area (Å²) in [4.78, 5) is 22.6. The zero-order chi connectivity index (χ0) is 15.8. The van der Waals surface area contributed by atoms with E-state index < -0.39 is 5.97 Å². The molecule has 0 saturated heterocycles. The molecule has 6 heteroatoms. The Kier molecular flexibility index (Phi) is 6.52. The number of rotatable bonds is 8. The van der Waals surface area contributed by atoms with Gasteiger partial charge in [-0.15, -0.1) is 0 Å². The molecule has 0 saturated carbocycles. The molecular formula is C15H21NO5. The van der Waals surface area contributed by atoms with Crippen molar-refractivity contribution in [3.05, 3.63) is 23.8 Å². The average Bonchev–Trinajstić information content (AvgIpc) is 2.45. The van der Waals surface area contributed by atoms with Crippen molar-refractivity contribution in [1.82, 2.24) is 5.32 Å². The first kappa shape index (κ1) is 16.8. The Morgan fingerprint density at radius 3 is 2.62 bits per heavy atom. The van der Waals surface area contributed by atoms with E-state index in [2.05, 4.69) is 5.32 Å². The number of methoxy groups -OCH3 is 1. The molecule has 0 spiro atoms. The van der Waals surface area contributed by atoms with E-state index in [0.29, 0.717) is 30.1 Å². The molecule has 1 unspecified atom stereocenters. The van der Waals surface area contributed by atoms with E-state index >= 15 is 0 Å². The van der Waals surface area contributed by atoms with Crippen molar-refractivity contribution in [2.75, 3.05) is 13.7 Å². The number of hydrogen-bond donors (Lipinski definition) is 2. The van der Waals surface area contributed by atoms with Crippen molar-refractivity contribution >= 4 is 11.9 Å².